The lowest BCUT2D eigenvalue weighted by molar-refractivity contribution is 0.0597. The maximum absolute atomic E-state index is 11.5. The first-order chi connectivity index (χ1) is 8.15. The highest BCUT2D eigenvalue weighted by Crippen LogP contribution is 2.35. The zero-order valence-electron chi connectivity index (χ0n) is 9.95. The van der Waals surface area contributed by atoms with Crippen LogP contribution in [0.25, 0.3) is 0 Å². The molecule has 0 amide bonds. The van der Waals surface area contributed by atoms with Crippen LogP contribution in [0.2, 0.25) is 0 Å². The number of hydrogen-bond donors (Lipinski definition) is 2. The first-order valence-corrected chi connectivity index (χ1v) is 5.86. The lowest BCUT2D eigenvalue weighted by Gasteiger charge is -2.14. The van der Waals surface area contributed by atoms with E-state index >= 15 is 0 Å². The largest absolute Gasteiger partial charge is 0.505 e. The number of carbonyl (C=O) groups excluding carboxylic acids is 1. The van der Waals surface area contributed by atoms with E-state index in [1.807, 2.05) is 0 Å². The minimum Gasteiger partial charge on any atom is -0.505 e. The molecule has 4 heteroatoms. The lowest BCUT2D eigenvalue weighted by atomic mass is 9.97. The predicted molar refractivity (Wildman–Crippen MR) is 65.1 cm³/mol. The van der Waals surface area contributed by atoms with E-state index in [1.165, 1.54) is 7.11 Å². The molecule has 1 aliphatic carbocycles. The molecule has 0 bridgehead atoms. The summed E-state index contributed by atoms with van der Waals surface area (Å²) in [5.74, 6) is -0.682. The average molecular weight is 235 g/mol. The van der Waals surface area contributed by atoms with Crippen molar-refractivity contribution < 1.29 is 14.6 Å². The SMILES string of the molecule is COC(=O)c1cc2c(c(N)c1O)CCCCC2. The first-order valence-electron chi connectivity index (χ1n) is 5.86. The van der Waals surface area contributed by atoms with Crippen LogP contribution in [0.15, 0.2) is 6.07 Å². The van der Waals surface area contributed by atoms with Crippen LogP contribution in [0.3, 0.4) is 0 Å². The van der Waals surface area contributed by atoms with E-state index in [2.05, 4.69) is 4.74 Å². The molecule has 0 aromatic heterocycles. The van der Waals surface area contributed by atoms with Crippen LogP contribution in [-0.2, 0) is 17.6 Å². The zero-order valence-corrected chi connectivity index (χ0v) is 9.95. The molecular formula is C13H17NO3. The van der Waals surface area contributed by atoms with Gasteiger partial charge in [-0.05, 0) is 42.9 Å². The molecule has 2 rings (SSSR count). The average Bonchev–Trinajstić information content (AvgIpc) is 2.58. The monoisotopic (exact) mass is 235 g/mol. The summed E-state index contributed by atoms with van der Waals surface area (Å²) in [7, 11) is 1.30. The number of nitrogen functional groups attached to an aromatic ring is 1. The van der Waals surface area contributed by atoms with Crippen molar-refractivity contribution in [3.05, 3.63) is 22.8 Å². The minimum atomic E-state index is -0.541. The number of phenols is 1. The van der Waals surface area contributed by atoms with E-state index in [9.17, 15) is 9.90 Å². The maximum Gasteiger partial charge on any atom is 0.341 e. The van der Waals surface area contributed by atoms with Crippen LogP contribution in [0.1, 0.15) is 40.7 Å². The number of ether oxygens (including phenoxy) is 1. The van der Waals surface area contributed by atoms with Crippen LogP contribution >= 0.6 is 0 Å². The number of esters is 1. The third-order valence-electron chi connectivity index (χ3n) is 3.32. The molecule has 0 unspecified atom stereocenters. The Balaban J connectivity index is 2.55. The third kappa shape index (κ3) is 2.07. The fourth-order valence-electron chi connectivity index (χ4n) is 2.37. The summed E-state index contributed by atoms with van der Waals surface area (Å²) >= 11 is 0. The second-order valence-corrected chi connectivity index (χ2v) is 4.38. The molecular weight excluding hydrogens is 218 g/mol. The topological polar surface area (TPSA) is 72.5 Å². The molecule has 0 heterocycles. The number of methoxy groups -OCH3 is 1. The number of phenolic OH excluding ortho intramolecular Hbond substituents is 1. The quantitative estimate of drug-likeness (QED) is 0.338. The Labute approximate surface area is 100 Å². The highest BCUT2D eigenvalue weighted by Gasteiger charge is 2.21. The van der Waals surface area contributed by atoms with Crippen molar-refractivity contribution in [2.45, 2.75) is 32.1 Å². The molecule has 4 nitrogen and oxygen atoms in total. The summed E-state index contributed by atoms with van der Waals surface area (Å²) in [6.07, 6.45) is 5.11. The number of fused-ring (bicyclic) bond motifs is 1. The van der Waals surface area contributed by atoms with E-state index in [4.69, 9.17) is 5.73 Å². The molecule has 0 saturated carbocycles. The lowest BCUT2D eigenvalue weighted by Crippen LogP contribution is -2.07. The summed E-state index contributed by atoms with van der Waals surface area (Å²) in [5, 5.41) is 9.92. The van der Waals surface area contributed by atoms with Crippen molar-refractivity contribution in [3.63, 3.8) is 0 Å². The number of benzene rings is 1. The predicted octanol–water partition coefficient (Wildman–Crippen LogP) is 2.03. The summed E-state index contributed by atoms with van der Waals surface area (Å²) in [6.45, 7) is 0. The van der Waals surface area contributed by atoms with Crippen LogP contribution in [0.5, 0.6) is 5.75 Å². The molecule has 1 aliphatic rings. The second kappa shape index (κ2) is 4.65. The second-order valence-electron chi connectivity index (χ2n) is 4.38. The van der Waals surface area contributed by atoms with Gasteiger partial charge in [0.15, 0.2) is 5.75 Å². The van der Waals surface area contributed by atoms with Gasteiger partial charge in [-0.1, -0.05) is 6.42 Å². The standard InChI is InChI=1S/C13H17NO3/c1-17-13(16)10-7-8-5-3-2-4-6-9(8)11(14)12(10)15/h7,15H,2-6,14H2,1H3. The number of aromatic hydroxyl groups is 1. The first kappa shape index (κ1) is 11.8. The van der Waals surface area contributed by atoms with E-state index in [0.29, 0.717) is 5.69 Å². The summed E-state index contributed by atoms with van der Waals surface area (Å²) in [4.78, 5) is 11.5. The van der Waals surface area contributed by atoms with Gasteiger partial charge in [-0.2, -0.15) is 0 Å². The van der Waals surface area contributed by atoms with Crippen molar-refractivity contribution in [1.29, 1.82) is 0 Å². The smallest absolute Gasteiger partial charge is 0.341 e. The van der Waals surface area contributed by atoms with Gasteiger partial charge in [-0.3, -0.25) is 0 Å². The van der Waals surface area contributed by atoms with E-state index < -0.39 is 5.97 Å². The Morgan fingerprint density at radius 3 is 2.76 bits per heavy atom. The summed E-state index contributed by atoms with van der Waals surface area (Å²) in [5.41, 5.74) is 8.48. The normalized spacial score (nSPS) is 14.9. The molecule has 1 aromatic rings. The third-order valence-corrected chi connectivity index (χ3v) is 3.32. The highest BCUT2D eigenvalue weighted by atomic mass is 16.5. The molecule has 0 saturated heterocycles. The molecule has 1 aromatic carbocycles. The van der Waals surface area contributed by atoms with Gasteiger partial charge in [-0.15, -0.1) is 0 Å². The van der Waals surface area contributed by atoms with E-state index in [0.717, 1.165) is 43.2 Å². The Bertz CT molecular complexity index is 454. The fourth-order valence-corrected chi connectivity index (χ4v) is 2.37. The zero-order chi connectivity index (χ0) is 12.4. The van der Waals surface area contributed by atoms with Crippen molar-refractivity contribution in [2.24, 2.45) is 0 Å². The number of carbonyl (C=O) groups is 1. The van der Waals surface area contributed by atoms with Gasteiger partial charge in [0.25, 0.3) is 0 Å². The molecule has 17 heavy (non-hydrogen) atoms. The molecule has 0 spiro atoms. The van der Waals surface area contributed by atoms with Gasteiger partial charge in [0.05, 0.1) is 12.8 Å². The van der Waals surface area contributed by atoms with Crippen LogP contribution < -0.4 is 5.73 Å². The number of aryl methyl sites for hydroxylation is 1. The molecule has 3 N–H and O–H groups in total. The number of nitrogens with two attached hydrogens (primary N) is 1. The van der Waals surface area contributed by atoms with Gasteiger partial charge in [0, 0.05) is 0 Å². The van der Waals surface area contributed by atoms with Crippen molar-refractivity contribution in [1.82, 2.24) is 0 Å². The molecule has 0 aliphatic heterocycles. The Hall–Kier alpha value is -1.71. The number of rotatable bonds is 1. The Morgan fingerprint density at radius 1 is 1.35 bits per heavy atom. The summed E-state index contributed by atoms with van der Waals surface area (Å²) in [6, 6.07) is 1.72. The molecule has 92 valence electrons. The van der Waals surface area contributed by atoms with Gasteiger partial charge in [0.1, 0.15) is 5.56 Å². The molecule has 0 atom stereocenters. The fraction of sp³-hybridized carbons (Fsp3) is 0.462. The number of hydrogen-bond acceptors (Lipinski definition) is 4. The van der Waals surface area contributed by atoms with E-state index in [-0.39, 0.29) is 11.3 Å². The van der Waals surface area contributed by atoms with Gasteiger partial charge in [-0.25, -0.2) is 4.79 Å². The highest BCUT2D eigenvalue weighted by molar-refractivity contribution is 5.95. The van der Waals surface area contributed by atoms with E-state index in [1.54, 1.807) is 6.07 Å². The number of anilines is 1. The minimum absolute atomic E-state index is 0.141. The van der Waals surface area contributed by atoms with Gasteiger partial charge < -0.3 is 15.6 Å². The Kier molecular flexibility index (Phi) is 3.22. The Morgan fingerprint density at radius 2 is 2.06 bits per heavy atom. The summed E-state index contributed by atoms with van der Waals surface area (Å²) < 4.78 is 4.64. The van der Waals surface area contributed by atoms with Crippen molar-refractivity contribution in [3.8, 4) is 5.75 Å². The van der Waals surface area contributed by atoms with Crippen LogP contribution in [0.4, 0.5) is 5.69 Å². The van der Waals surface area contributed by atoms with Crippen molar-refractivity contribution >= 4 is 11.7 Å². The van der Waals surface area contributed by atoms with Crippen LogP contribution in [-0.4, -0.2) is 18.2 Å². The van der Waals surface area contributed by atoms with Crippen LogP contribution in [0, 0.1) is 0 Å². The van der Waals surface area contributed by atoms with Crippen molar-refractivity contribution in [2.75, 3.05) is 12.8 Å². The molecule has 0 radical (unpaired) electrons. The van der Waals surface area contributed by atoms with Gasteiger partial charge in [0.2, 0.25) is 0 Å². The van der Waals surface area contributed by atoms with Gasteiger partial charge >= 0.3 is 5.97 Å². The molecule has 0 fully saturated rings. The maximum atomic E-state index is 11.5.